The lowest BCUT2D eigenvalue weighted by molar-refractivity contribution is -0.140. The van der Waals surface area contributed by atoms with Crippen molar-refractivity contribution in [3.63, 3.8) is 0 Å². The van der Waals surface area contributed by atoms with E-state index in [4.69, 9.17) is 14.0 Å². The number of carbonyl (C=O) groups excluding carboxylic acids is 1. The molecule has 0 aliphatic carbocycles. The minimum Gasteiger partial charge on any atom is -0.480 e. The minimum absolute atomic E-state index is 0.115. The molecule has 33 heavy (non-hydrogen) atoms. The standard InChI is InChI=1S/C23H30BN3O6/c1-16(20(28)29)27-14-18(12-26-27)11-19(24-32-22(2,3)23(4,5)33-24)13-25-21(30)31-15-17-9-7-6-8-10-17/h6-12,14,16H,13,15H2,1-5H3,(H,25,30)(H,28,29)/t16-/m0/s1. The second kappa shape index (κ2) is 9.80. The number of hydrogen-bond acceptors (Lipinski definition) is 6. The van der Waals surface area contributed by atoms with E-state index in [2.05, 4.69) is 10.4 Å². The Kier molecular flexibility index (Phi) is 7.29. The molecule has 10 heteroatoms. The molecule has 1 aromatic heterocycles. The van der Waals surface area contributed by atoms with Crippen LogP contribution in [0.1, 0.15) is 51.8 Å². The van der Waals surface area contributed by atoms with E-state index in [1.165, 1.54) is 4.68 Å². The Hall–Kier alpha value is -3.11. The van der Waals surface area contributed by atoms with E-state index in [1.54, 1.807) is 25.4 Å². The van der Waals surface area contributed by atoms with Crippen molar-refractivity contribution in [2.75, 3.05) is 6.54 Å². The number of aromatic nitrogens is 2. The molecule has 2 N–H and O–H groups in total. The molecule has 0 saturated carbocycles. The van der Waals surface area contributed by atoms with Gasteiger partial charge in [0.05, 0.1) is 17.4 Å². The lowest BCUT2D eigenvalue weighted by Gasteiger charge is -2.32. The van der Waals surface area contributed by atoms with Crippen molar-refractivity contribution in [3.05, 3.63) is 59.3 Å². The van der Waals surface area contributed by atoms with E-state index in [0.717, 1.165) is 5.56 Å². The van der Waals surface area contributed by atoms with E-state index < -0.39 is 36.4 Å². The third-order valence-corrected chi connectivity index (χ3v) is 5.93. The van der Waals surface area contributed by atoms with Crippen molar-refractivity contribution in [2.24, 2.45) is 0 Å². The number of nitrogens with one attached hydrogen (secondary N) is 1. The van der Waals surface area contributed by atoms with Crippen LogP contribution in [0.5, 0.6) is 0 Å². The largest absolute Gasteiger partial charge is 0.492 e. The third kappa shape index (κ3) is 6.03. The van der Waals surface area contributed by atoms with Gasteiger partial charge in [-0.2, -0.15) is 5.10 Å². The molecule has 2 aromatic rings. The lowest BCUT2D eigenvalue weighted by atomic mass is 9.77. The summed E-state index contributed by atoms with van der Waals surface area (Å²) in [6.07, 6.45) is 4.38. The van der Waals surface area contributed by atoms with Crippen LogP contribution in [-0.4, -0.2) is 51.8 Å². The van der Waals surface area contributed by atoms with Gasteiger partial charge in [0.25, 0.3) is 0 Å². The van der Waals surface area contributed by atoms with Crippen LogP contribution in [0.3, 0.4) is 0 Å². The van der Waals surface area contributed by atoms with E-state index in [1.807, 2.05) is 58.0 Å². The number of carboxylic acid groups (broad SMARTS) is 1. The number of carbonyl (C=O) groups is 2. The molecule has 1 amide bonds. The number of amides is 1. The molecule has 9 nitrogen and oxygen atoms in total. The summed E-state index contributed by atoms with van der Waals surface area (Å²) in [6.45, 7) is 9.59. The van der Waals surface area contributed by atoms with Gasteiger partial charge in [-0.1, -0.05) is 36.4 Å². The molecule has 0 radical (unpaired) electrons. The van der Waals surface area contributed by atoms with Crippen LogP contribution in [0.15, 0.2) is 48.2 Å². The molecule has 3 rings (SSSR count). The SMILES string of the molecule is C[C@@H](C(=O)O)n1cc(C=C(CNC(=O)OCc2ccccc2)B2OC(C)(C)C(C)(C)O2)cn1. The highest BCUT2D eigenvalue weighted by molar-refractivity contribution is 6.56. The molecule has 1 aliphatic rings. The maximum Gasteiger partial charge on any atom is 0.492 e. The summed E-state index contributed by atoms with van der Waals surface area (Å²) >= 11 is 0. The van der Waals surface area contributed by atoms with Crippen LogP contribution in [0.4, 0.5) is 4.79 Å². The van der Waals surface area contributed by atoms with Gasteiger partial charge in [-0.15, -0.1) is 0 Å². The van der Waals surface area contributed by atoms with E-state index in [0.29, 0.717) is 11.0 Å². The van der Waals surface area contributed by atoms with Crippen molar-refractivity contribution in [3.8, 4) is 0 Å². The van der Waals surface area contributed by atoms with Gasteiger partial charge in [-0.25, -0.2) is 9.59 Å². The number of benzene rings is 1. The third-order valence-electron chi connectivity index (χ3n) is 5.93. The van der Waals surface area contributed by atoms with Gasteiger partial charge >= 0.3 is 19.2 Å². The first-order valence-corrected chi connectivity index (χ1v) is 10.8. The summed E-state index contributed by atoms with van der Waals surface area (Å²) in [5.74, 6) is -0.984. The molecule has 1 aliphatic heterocycles. The first-order chi connectivity index (χ1) is 15.5. The highest BCUT2D eigenvalue weighted by Gasteiger charge is 2.52. The fourth-order valence-electron chi connectivity index (χ4n) is 3.11. The van der Waals surface area contributed by atoms with Gasteiger partial charge in [0.1, 0.15) is 12.6 Å². The molecule has 0 unspecified atom stereocenters. The van der Waals surface area contributed by atoms with Crippen LogP contribution >= 0.6 is 0 Å². The van der Waals surface area contributed by atoms with Crippen molar-refractivity contribution in [2.45, 2.75) is 58.5 Å². The normalized spacial score (nSPS) is 18.1. The zero-order chi connectivity index (χ0) is 24.2. The summed E-state index contributed by atoms with van der Waals surface area (Å²) in [4.78, 5) is 23.5. The molecule has 176 valence electrons. The summed E-state index contributed by atoms with van der Waals surface area (Å²) in [7, 11) is -0.704. The smallest absolute Gasteiger partial charge is 0.480 e. The molecular weight excluding hydrogens is 425 g/mol. The summed E-state index contributed by atoms with van der Waals surface area (Å²) in [6, 6.07) is 8.59. The Morgan fingerprint density at radius 1 is 1.21 bits per heavy atom. The van der Waals surface area contributed by atoms with Crippen LogP contribution in [0.2, 0.25) is 0 Å². The Balaban J connectivity index is 1.74. The number of carboxylic acids is 1. The molecule has 1 saturated heterocycles. The maximum absolute atomic E-state index is 12.3. The van der Waals surface area contributed by atoms with Gasteiger partial charge in [0.2, 0.25) is 0 Å². The summed E-state index contributed by atoms with van der Waals surface area (Å²) in [5.41, 5.74) is 1.06. The predicted octanol–water partition coefficient (Wildman–Crippen LogP) is 3.47. The van der Waals surface area contributed by atoms with Gasteiger partial charge in [0.15, 0.2) is 0 Å². The first-order valence-electron chi connectivity index (χ1n) is 10.8. The minimum atomic E-state index is -0.984. The Morgan fingerprint density at radius 2 is 1.85 bits per heavy atom. The van der Waals surface area contributed by atoms with E-state index >= 15 is 0 Å². The second-order valence-electron chi connectivity index (χ2n) is 8.99. The number of alkyl carbamates (subject to hydrolysis) is 1. The summed E-state index contributed by atoms with van der Waals surface area (Å²) in [5, 5.41) is 16.1. The van der Waals surface area contributed by atoms with Crippen molar-refractivity contribution >= 4 is 25.3 Å². The average molecular weight is 455 g/mol. The average Bonchev–Trinajstić information content (AvgIpc) is 3.30. The monoisotopic (exact) mass is 455 g/mol. The van der Waals surface area contributed by atoms with Crippen LogP contribution < -0.4 is 5.32 Å². The molecule has 2 heterocycles. The number of aliphatic carboxylic acids is 1. The first kappa shape index (κ1) is 24.5. The molecule has 1 aromatic carbocycles. The molecule has 1 atom stereocenters. The highest BCUT2D eigenvalue weighted by atomic mass is 16.7. The molecule has 0 spiro atoms. The van der Waals surface area contributed by atoms with Gasteiger partial charge in [-0.05, 0) is 45.7 Å². The lowest BCUT2D eigenvalue weighted by Crippen LogP contribution is -2.41. The van der Waals surface area contributed by atoms with E-state index in [9.17, 15) is 14.7 Å². The fourth-order valence-corrected chi connectivity index (χ4v) is 3.11. The van der Waals surface area contributed by atoms with Gasteiger partial charge in [-0.3, -0.25) is 4.68 Å². The topological polar surface area (TPSA) is 112 Å². The van der Waals surface area contributed by atoms with Crippen LogP contribution in [0.25, 0.3) is 6.08 Å². The van der Waals surface area contributed by atoms with Crippen LogP contribution in [-0.2, 0) is 25.4 Å². The fraction of sp³-hybridized carbons (Fsp3) is 0.435. The second-order valence-corrected chi connectivity index (χ2v) is 8.99. The zero-order valence-electron chi connectivity index (χ0n) is 19.6. The molecule has 0 bridgehead atoms. The Morgan fingerprint density at radius 3 is 2.45 bits per heavy atom. The van der Waals surface area contributed by atoms with Crippen molar-refractivity contribution in [1.29, 1.82) is 0 Å². The number of nitrogens with zero attached hydrogens (tertiary/aromatic N) is 2. The maximum atomic E-state index is 12.3. The Labute approximate surface area is 193 Å². The van der Waals surface area contributed by atoms with Crippen molar-refractivity contribution in [1.82, 2.24) is 15.1 Å². The summed E-state index contributed by atoms with van der Waals surface area (Å²) < 4.78 is 19.0. The highest BCUT2D eigenvalue weighted by Crippen LogP contribution is 2.38. The zero-order valence-corrected chi connectivity index (χ0v) is 19.6. The number of ether oxygens (including phenoxy) is 1. The molecular formula is C23H30BN3O6. The van der Waals surface area contributed by atoms with Gasteiger partial charge in [0, 0.05) is 18.3 Å². The number of rotatable bonds is 8. The molecule has 1 fully saturated rings. The number of hydrogen-bond donors (Lipinski definition) is 2. The quantitative estimate of drug-likeness (QED) is 0.587. The van der Waals surface area contributed by atoms with Gasteiger partial charge < -0.3 is 24.5 Å². The Bertz CT molecular complexity index is 1000. The van der Waals surface area contributed by atoms with Crippen molar-refractivity contribution < 1.29 is 28.7 Å². The predicted molar refractivity (Wildman–Crippen MR) is 123 cm³/mol. The van der Waals surface area contributed by atoms with Crippen LogP contribution in [0, 0.1) is 0 Å². The van der Waals surface area contributed by atoms with E-state index in [-0.39, 0.29) is 13.2 Å².